The minimum absolute atomic E-state index is 0.562. The van der Waals surface area contributed by atoms with E-state index in [-0.39, 0.29) is 0 Å². The lowest BCUT2D eigenvalue weighted by Gasteiger charge is -2.11. The number of thiol groups is 1. The Hall–Kier alpha value is -0.0800. The number of thioether (sulfide) groups is 1. The maximum atomic E-state index is 4.43. The molecule has 2 heteroatoms. The van der Waals surface area contributed by atoms with E-state index in [0.717, 1.165) is 5.75 Å². The van der Waals surface area contributed by atoms with Gasteiger partial charge in [-0.3, -0.25) is 0 Å². The lowest BCUT2D eigenvalue weighted by Crippen LogP contribution is -2.05. The summed E-state index contributed by atoms with van der Waals surface area (Å²) in [6.07, 6.45) is 2.74. The number of hydrogen-bond acceptors (Lipinski definition) is 2. The molecule has 0 atom stereocenters. The van der Waals surface area contributed by atoms with Crippen molar-refractivity contribution in [3.63, 3.8) is 0 Å². The topological polar surface area (TPSA) is 0 Å². The van der Waals surface area contributed by atoms with Crippen LogP contribution in [0.5, 0.6) is 0 Å². The highest BCUT2D eigenvalue weighted by Crippen LogP contribution is 2.49. The van der Waals surface area contributed by atoms with Gasteiger partial charge in [0.2, 0.25) is 0 Å². The van der Waals surface area contributed by atoms with Crippen LogP contribution in [0.25, 0.3) is 0 Å². The zero-order valence-electron chi connectivity index (χ0n) is 9.42. The van der Waals surface area contributed by atoms with Crippen LogP contribution in [0.3, 0.4) is 0 Å². The van der Waals surface area contributed by atoms with E-state index in [1.165, 1.54) is 34.6 Å². The van der Waals surface area contributed by atoms with Gasteiger partial charge in [0.25, 0.3) is 0 Å². The van der Waals surface area contributed by atoms with E-state index in [2.05, 4.69) is 44.7 Å². The van der Waals surface area contributed by atoms with Crippen molar-refractivity contribution in [3.05, 3.63) is 29.3 Å². The minimum atomic E-state index is 0.562. The molecule has 0 spiro atoms. The van der Waals surface area contributed by atoms with Crippen LogP contribution in [0.4, 0.5) is 0 Å². The number of hydrogen-bond donors (Lipinski definition) is 1. The predicted octanol–water partition coefficient (Wildman–Crippen LogP) is 4.11. The van der Waals surface area contributed by atoms with Gasteiger partial charge in [-0.1, -0.05) is 6.07 Å². The van der Waals surface area contributed by atoms with Gasteiger partial charge in [0.15, 0.2) is 0 Å². The summed E-state index contributed by atoms with van der Waals surface area (Å²) >= 11 is 6.42. The molecule has 1 aliphatic rings. The van der Waals surface area contributed by atoms with Gasteiger partial charge in [-0.15, -0.1) is 11.8 Å². The molecular weight excluding hydrogens is 220 g/mol. The molecule has 0 bridgehead atoms. The molecule has 1 aromatic carbocycles. The van der Waals surface area contributed by atoms with E-state index in [4.69, 9.17) is 0 Å². The molecule has 82 valence electrons. The van der Waals surface area contributed by atoms with Crippen molar-refractivity contribution in [2.75, 3.05) is 11.5 Å². The van der Waals surface area contributed by atoms with Crippen molar-refractivity contribution in [1.82, 2.24) is 0 Å². The van der Waals surface area contributed by atoms with Gasteiger partial charge in [0.1, 0.15) is 0 Å². The van der Waals surface area contributed by atoms with Gasteiger partial charge in [-0.25, -0.2) is 0 Å². The summed E-state index contributed by atoms with van der Waals surface area (Å²) in [7, 11) is 0. The molecule has 0 unspecified atom stereocenters. The molecule has 0 saturated heterocycles. The van der Waals surface area contributed by atoms with E-state index >= 15 is 0 Å². The fraction of sp³-hybridized carbons (Fsp3) is 0.538. The second-order valence-electron chi connectivity index (χ2n) is 4.69. The molecule has 0 radical (unpaired) electrons. The summed E-state index contributed by atoms with van der Waals surface area (Å²) in [5, 5.41) is 0. The van der Waals surface area contributed by atoms with Crippen LogP contribution in [0, 0.1) is 19.3 Å². The summed E-state index contributed by atoms with van der Waals surface area (Å²) in [5.74, 6) is 2.28. The van der Waals surface area contributed by atoms with Crippen LogP contribution >= 0.6 is 24.4 Å². The summed E-state index contributed by atoms with van der Waals surface area (Å²) < 4.78 is 0. The highest BCUT2D eigenvalue weighted by atomic mass is 32.2. The zero-order valence-corrected chi connectivity index (χ0v) is 11.1. The highest BCUT2D eigenvalue weighted by molar-refractivity contribution is 7.99. The van der Waals surface area contributed by atoms with Crippen molar-refractivity contribution < 1.29 is 0 Å². The van der Waals surface area contributed by atoms with Crippen LogP contribution in [0.15, 0.2) is 23.1 Å². The highest BCUT2D eigenvalue weighted by Gasteiger charge is 2.40. The number of aryl methyl sites for hydroxylation is 2. The van der Waals surface area contributed by atoms with Crippen molar-refractivity contribution in [2.45, 2.75) is 31.6 Å². The third-order valence-electron chi connectivity index (χ3n) is 3.32. The molecular formula is C13H18S2. The first-order valence-corrected chi connectivity index (χ1v) is 7.08. The van der Waals surface area contributed by atoms with Crippen LogP contribution < -0.4 is 0 Å². The van der Waals surface area contributed by atoms with E-state index in [9.17, 15) is 0 Å². The molecule has 1 aromatic rings. The van der Waals surface area contributed by atoms with Gasteiger partial charge in [-0.05, 0) is 61.1 Å². The Bertz CT molecular complexity index is 354. The second kappa shape index (κ2) is 4.42. The second-order valence-corrected chi connectivity index (χ2v) is 6.06. The number of benzene rings is 1. The standard InChI is InChI=1S/C13H18S2/c1-10-3-4-12(7-11(10)2)15-9-13(8-14)5-6-13/h3-4,7,14H,5-6,8-9H2,1-2H3. The van der Waals surface area contributed by atoms with E-state index in [1.54, 1.807) is 0 Å². The quantitative estimate of drug-likeness (QED) is 0.608. The molecule has 15 heavy (non-hydrogen) atoms. The van der Waals surface area contributed by atoms with Gasteiger partial charge < -0.3 is 0 Å². The summed E-state index contributed by atoms with van der Waals surface area (Å²) in [6, 6.07) is 6.76. The van der Waals surface area contributed by atoms with E-state index in [0.29, 0.717) is 5.41 Å². The van der Waals surface area contributed by atoms with Crippen LogP contribution in [0.2, 0.25) is 0 Å². The molecule has 1 fully saturated rings. The fourth-order valence-electron chi connectivity index (χ4n) is 1.56. The summed E-state index contributed by atoms with van der Waals surface area (Å²) in [5.41, 5.74) is 3.34. The van der Waals surface area contributed by atoms with Crippen LogP contribution in [0.1, 0.15) is 24.0 Å². The lowest BCUT2D eigenvalue weighted by atomic mass is 10.1. The molecule has 0 N–H and O–H groups in total. The Morgan fingerprint density at radius 3 is 2.53 bits per heavy atom. The van der Waals surface area contributed by atoms with Crippen molar-refractivity contribution in [2.24, 2.45) is 5.41 Å². The lowest BCUT2D eigenvalue weighted by molar-refractivity contribution is 0.683. The summed E-state index contributed by atoms with van der Waals surface area (Å²) in [6.45, 7) is 4.35. The van der Waals surface area contributed by atoms with Gasteiger partial charge >= 0.3 is 0 Å². The van der Waals surface area contributed by atoms with Gasteiger partial charge in [-0.2, -0.15) is 12.6 Å². The van der Waals surface area contributed by atoms with Crippen LogP contribution in [-0.4, -0.2) is 11.5 Å². The Balaban J connectivity index is 1.96. The molecule has 2 rings (SSSR count). The molecule has 0 heterocycles. The van der Waals surface area contributed by atoms with Crippen molar-refractivity contribution in [3.8, 4) is 0 Å². The van der Waals surface area contributed by atoms with Crippen molar-refractivity contribution in [1.29, 1.82) is 0 Å². The van der Waals surface area contributed by atoms with Gasteiger partial charge in [0.05, 0.1) is 0 Å². The zero-order chi connectivity index (χ0) is 10.9. The third-order valence-corrected chi connectivity index (χ3v) is 5.33. The number of rotatable bonds is 4. The minimum Gasteiger partial charge on any atom is -0.179 e. The van der Waals surface area contributed by atoms with E-state index < -0.39 is 0 Å². The normalized spacial score (nSPS) is 17.8. The first-order chi connectivity index (χ1) is 7.15. The van der Waals surface area contributed by atoms with Gasteiger partial charge in [0, 0.05) is 10.6 Å². The predicted molar refractivity (Wildman–Crippen MR) is 72.2 cm³/mol. The first kappa shape index (κ1) is 11.4. The molecule has 0 nitrogen and oxygen atoms in total. The Kier molecular flexibility index (Phi) is 3.36. The molecule has 1 saturated carbocycles. The SMILES string of the molecule is Cc1ccc(SCC2(CS)CC2)cc1C. The Labute approximate surface area is 102 Å². The Morgan fingerprint density at radius 1 is 1.27 bits per heavy atom. The van der Waals surface area contributed by atoms with Crippen LogP contribution in [-0.2, 0) is 0 Å². The molecule has 0 amide bonds. The average Bonchev–Trinajstić information content (AvgIpc) is 3.01. The molecule has 0 aliphatic heterocycles. The summed E-state index contributed by atoms with van der Waals surface area (Å²) in [4.78, 5) is 1.41. The maximum absolute atomic E-state index is 4.43. The maximum Gasteiger partial charge on any atom is 0.00749 e. The molecule has 0 aromatic heterocycles. The van der Waals surface area contributed by atoms with E-state index in [1.807, 2.05) is 11.8 Å². The average molecular weight is 238 g/mol. The monoisotopic (exact) mass is 238 g/mol. The fourth-order valence-corrected chi connectivity index (χ4v) is 3.43. The van der Waals surface area contributed by atoms with Crippen molar-refractivity contribution >= 4 is 24.4 Å². The largest absolute Gasteiger partial charge is 0.179 e. The molecule has 1 aliphatic carbocycles. The Morgan fingerprint density at radius 2 is 2.00 bits per heavy atom. The first-order valence-electron chi connectivity index (χ1n) is 5.46. The smallest absolute Gasteiger partial charge is 0.00749 e. The third kappa shape index (κ3) is 2.73.